The van der Waals surface area contributed by atoms with Crippen LogP contribution in [0.4, 0.5) is 5.69 Å². The highest BCUT2D eigenvalue weighted by Crippen LogP contribution is 2.28. The van der Waals surface area contributed by atoms with E-state index in [1.54, 1.807) is 13.1 Å². The fraction of sp³-hybridized carbons (Fsp3) is 0.538. The first-order chi connectivity index (χ1) is 9.32. The highest BCUT2D eigenvalue weighted by molar-refractivity contribution is 7.89. The van der Waals surface area contributed by atoms with E-state index in [9.17, 15) is 8.42 Å². The van der Waals surface area contributed by atoms with Gasteiger partial charge < -0.3 is 10.6 Å². The van der Waals surface area contributed by atoms with E-state index in [0.29, 0.717) is 5.02 Å². The maximum absolute atomic E-state index is 12.7. The van der Waals surface area contributed by atoms with Gasteiger partial charge in [-0.1, -0.05) is 11.6 Å². The lowest BCUT2D eigenvalue weighted by Crippen LogP contribution is -2.44. The minimum absolute atomic E-state index is 0.00887. The number of sulfonamides is 1. The molecule has 1 aromatic rings. The molecule has 0 saturated carbocycles. The molecule has 2 N–H and O–H groups in total. The second-order valence-corrected chi connectivity index (χ2v) is 7.64. The molecule has 2 rings (SSSR count). The Kier molecular flexibility index (Phi) is 4.59. The summed E-state index contributed by atoms with van der Waals surface area (Å²) < 4.78 is 26.8. The third-order valence-electron chi connectivity index (χ3n) is 3.83. The number of benzene rings is 1. The van der Waals surface area contributed by atoms with Crippen molar-refractivity contribution >= 4 is 27.3 Å². The van der Waals surface area contributed by atoms with Gasteiger partial charge in [0.25, 0.3) is 0 Å². The van der Waals surface area contributed by atoms with Crippen molar-refractivity contribution in [1.29, 1.82) is 0 Å². The number of nitrogens with two attached hydrogens (primary N) is 1. The number of nitrogens with zero attached hydrogens (tertiary/aromatic N) is 2. The molecule has 1 aromatic carbocycles. The maximum atomic E-state index is 12.7. The molecule has 1 heterocycles. The van der Waals surface area contributed by atoms with Crippen LogP contribution in [0.2, 0.25) is 5.02 Å². The van der Waals surface area contributed by atoms with Gasteiger partial charge in [0.2, 0.25) is 10.0 Å². The summed E-state index contributed by atoms with van der Waals surface area (Å²) in [6.07, 6.45) is 1.65. The average Bonchev–Trinajstić information content (AvgIpc) is 2.41. The molecule has 1 fully saturated rings. The topological polar surface area (TPSA) is 66.6 Å². The molecule has 0 aliphatic carbocycles. The third kappa shape index (κ3) is 3.09. The lowest BCUT2D eigenvalue weighted by molar-refractivity contribution is 0.197. The SMILES string of the molecule is CN1CCC(N(C)S(=O)(=O)c2cc(Cl)ccc2N)CC1. The first-order valence-electron chi connectivity index (χ1n) is 6.54. The summed E-state index contributed by atoms with van der Waals surface area (Å²) in [4.78, 5) is 2.29. The number of nitrogen functional groups attached to an aromatic ring is 1. The lowest BCUT2D eigenvalue weighted by Gasteiger charge is -2.34. The highest BCUT2D eigenvalue weighted by atomic mass is 35.5. The predicted molar refractivity (Wildman–Crippen MR) is 81.3 cm³/mol. The van der Waals surface area contributed by atoms with Crippen LogP contribution in [0, 0.1) is 0 Å². The summed E-state index contributed by atoms with van der Waals surface area (Å²) in [5, 5.41) is 0.370. The smallest absolute Gasteiger partial charge is 0.245 e. The second-order valence-electron chi connectivity index (χ2n) is 5.24. The Morgan fingerprint density at radius 3 is 2.55 bits per heavy atom. The predicted octanol–water partition coefficient (Wildman–Crippen LogP) is 1.64. The Balaban J connectivity index is 2.27. The van der Waals surface area contributed by atoms with Crippen molar-refractivity contribution in [3.05, 3.63) is 23.2 Å². The summed E-state index contributed by atoms with van der Waals surface area (Å²) in [6, 6.07) is 4.54. The third-order valence-corrected chi connectivity index (χ3v) is 6.04. The van der Waals surface area contributed by atoms with Crippen molar-refractivity contribution in [2.75, 3.05) is 32.9 Å². The number of hydrogen-bond donors (Lipinski definition) is 1. The van der Waals surface area contributed by atoms with Crippen LogP contribution in [-0.4, -0.2) is 50.8 Å². The molecule has 0 unspecified atom stereocenters. The number of likely N-dealkylation sites (tertiary alicyclic amines) is 1. The van der Waals surface area contributed by atoms with Crippen LogP contribution in [0.1, 0.15) is 12.8 Å². The second kappa shape index (κ2) is 5.89. The molecule has 1 saturated heterocycles. The summed E-state index contributed by atoms with van der Waals surface area (Å²) in [5.41, 5.74) is 6.02. The number of rotatable bonds is 3. The van der Waals surface area contributed by atoms with Crippen molar-refractivity contribution in [3.8, 4) is 0 Å². The number of anilines is 1. The molecule has 1 aliphatic heterocycles. The Hall–Kier alpha value is -0.820. The van der Waals surface area contributed by atoms with Gasteiger partial charge in [0, 0.05) is 18.1 Å². The first-order valence-corrected chi connectivity index (χ1v) is 8.36. The van der Waals surface area contributed by atoms with Gasteiger partial charge >= 0.3 is 0 Å². The zero-order valence-electron chi connectivity index (χ0n) is 11.7. The molecular weight excluding hydrogens is 298 g/mol. The molecule has 0 atom stereocenters. The molecule has 0 spiro atoms. The van der Waals surface area contributed by atoms with Crippen LogP contribution in [0.5, 0.6) is 0 Å². The minimum Gasteiger partial charge on any atom is -0.398 e. The van der Waals surface area contributed by atoms with Crippen LogP contribution in [0.15, 0.2) is 23.1 Å². The van der Waals surface area contributed by atoms with Gasteiger partial charge in [0.1, 0.15) is 4.90 Å². The number of halogens is 1. The first kappa shape index (κ1) is 15.6. The van der Waals surface area contributed by atoms with E-state index in [2.05, 4.69) is 4.90 Å². The van der Waals surface area contributed by atoms with Gasteiger partial charge in [-0.05, 0) is 51.2 Å². The number of piperidine rings is 1. The zero-order valence-corrected chi connectivity index (χ0v) is 13.3. The Bertz CT molecular complexity index is 583. The van der Waals surface area contributed by atoms with Crippen LogP contribution in [0.3, 0.4) is 0 Å². The molecule has 0 aromatic heterocycles. The van der Waals surface area contributed by atoms with E-state index >= 15 is 0 Å². The van der Waals surface area contributed by atoms with Crippen LogP contribution in [-0.2, 0) is 10.0 Å². The van der Waals surface area contributed by atoms with Crippen molar-refractivity contribution in [1.82, 2.24) is 9.21 Å². The molecule has 0 bridgehead atoms. The van der Waals surface area contributed by atoms with Gasteiger partial charge in [-0.15, -0.1) is 0 Å². The maximum Gasteiger partial charge on any atom is 0.245 e. The van der Waals surface area contributed by atoms with Gasteiger partial charge in [0.05, 0.1) is 5.69 Å². The Morgan fingerprint density at radius 1 is 1.35 bits per heavy atom. The largest absolute Gasteiger partial charge is 0.398 e. The minimum atomic E-state index is -3.60. The fourth-order valence-electron chi connectivity index (χ4n) is 2.44. The molecule has 0 amide bonds. The van der Waals surface area contributed by atoms with E-state index < -0.39 is 10.0 Å². The van der Waals surface area contributed by atoms with Crippen LogP contribution in [0.25, 0.3) is 0 Å². The van der Waals surface area contributed by atoms with Crippen molar-refractivity contribution in [2.24, 2.45) is 0 Å². The summed E-state index contributed by atoms with van der Waals surface area (Å²) >= 11 is 5.89. The normalized spacial score (nSPS) is 18.6. The van der Waals surface area contributed by atoms with Crippen LogP contribution < -0.4 is 5.73 Å². The summed E-state index contributed by atoms with van der Waals surface area (Å²) in [7, 11) is 0.0542. The quantitative estimate of drug-likeness (QED) is 0.861. The average molecular weight is 318 g/mol. The van der Waals surface area contributed by atoms with Gasteiger partial charge in [-0.2, -0.15) is 4.31 Å². The van der Waals surface area contributed by atoms with Gasteiger partial charge in [-0.25, -0.2) is 8.42 Å². The van der Waals surface area contributed by atoms with Crippen molar-refractivity contribution in [3.63, 3.8) is 0 Å². The van der Waals surface area contributed by atoms with E-state index in [0.717, 1.165) is 25.9 Å². The zero-order chi connectivity index (χ0) is 14.9. The summed E-state index contributed by atoms with van der Waals surface area (Å²) in [6.45, 7) is 1.80. The Morgan fingerprint density at radius 2 is 1.95 bits per heavy atom. The lowest BCUT2D eigenvalue weighted by atomic mass is 10.1. The Labute approximate surface area is 125 Å². The molecule has 5 nitrogen and oxygen atoms in total. The molecular formula is C13H20ClN3O2S. The van der Waals surface area contributed by atoms with E-state index in [1.165, 1.54) is 16.4 Å². The van der Waals surface area contributed by atoms with E-state index in [-0.39, 0.29) is 16.6 Å². The number of hydrogen-bond acceptors (Lipinski definition) is 4. The van der Waals surface area contributed by atoms with Gasteiger partial charge in [-0.3, -0.25) is 0 Å². The van der Waals surface area contributed by atoms with Gasteiger partial charge in [0.15, 0.2) is 0 Å². The molecule has 112 valence electrons. The standard InChI is InChI=1S/C13H20ClN3O2S/c1-16-7-5-11(6-8-16)17(2)20(18,19)13-9-10(14)3-4-12(13)15/h3-4,9,11H,5-8,15H2,1-2H3. The molecule has 1 aliphatic rings. The monoisotopic (exact) mass is 317 g/mol. The van der Waals surface area contributed by atoms with E-state index in [1.807, 2.05) is 7.05 Å². The molecule has 0 radical (unpaired) electrons. The van der Waals surface area contributed by atoms with Crippen LogP contribution >= 0.6 is 11.6 Å². The molecule has 20 heavy (non-hydrogen) atoms. The van der Waals surface area contributed by atoms with Crippen molar-refractivity contribution < 1.29 is 8.42 Å². The summed E-state index contributed by atoms with van der Waals surface area (Å²) in [5.74, 6) is 0. The fourth-order valence-corrected chi connectivity index (χ4v) is 4.23. The van der Waals surface area contributed by atoms with E-state index in [4.69, 9.17) is 17.3 Å². The molecule has 7 heteroatoms. The van der Waals surface area contributed by atoms with Crippen molar-refractivity contribution in [2.45, 2.75) is 23.8 Å². The highest BCUT2D eigenvalue weighted by Gasteiger charge is 2.31.